The quantitative estimate of drug-likeness (QED) is 0.433. The van der Waals surface area contributed by atoms with Crippen molar-refractivity contribution < 1.29 is 28.6 Å². The van der Waals surface area contributed by atoms with Crippen LogP contribution in [0.5, 0.6) is 11.5 Å². The van der Waals surface area contributed by atoms with Crippen LogP contribution in [0.15, 0.2) is 17.0 Å². The van der Waals surface area contributed by atoms with Gasteiger partial charge in [-0.25, -0.2) is 0 Å². The minimum atomic E-state index is -0.639. The summed E-state index contributed by atoms with van der Waals surface area (Å²) in [4.78, 5) is 37.5. The third-order valence-corrected chi connectivity index (χ3v) is 5.16. The lowest BCUT2D eigenvalue weighted by atomic mass is 10.1. The number of hydrogen-bond acceptors (Lipinski definition) is 7. The van der Waals surface area contributed by atoms with Gasteiger partial charge in [0.15, 0.2) is 11.5 Å². The summed E-state index contributed by atoms with van der Waals surface area (Å²) in [7, 11) is 1.49. The molecule has 0 spiro atoms. The topological polar surface area (TPSA) is 82.1 Å². The van der Waals surface area contributed by atoms with Gasteiger partial charge in [0.1, 0.15) is 6.54 Å². The van der Waals surface area contributed by atoms with E-state index in [1.165, 1.54) is 13.2 Å². The number of rotatable bonds is 8. The van der Waals surface area contributed by atoms with Gasteiger partial charge >= 0.3 is 5.97 Å². The maximum atomic E-state index is 12.6. The molecule has 0 bridgehead atoms. The number of ether oxygens (including phenoxy) is 3. The minimum Gasteiger partial charge on any atom is -0.493 e. The molecule has 1 aromatic rings. The smallest absolute Gasteiger partial charge is 0.326 e. The number of halogens is 1. The molecule has 29 heavy (non-hydrogen) atoms. The first kappa shape index (κ1) is 23.1. The molecule has 1 heterocycles. The molecule has 0 radical (unpaired) electrons. The Bertz CT molecular complexity index is 839. The molecule has 158 valence electrons. The highest BCUT2D eigenvalue weighted by molar-refractivity contribution is 8.18. The molecule has 0 saturated carbocycles. The fraction of sp³-hybridized carbons (Fsp3) is 0.450. The lowest BCUT2D eigenvalue weighted by molar-refractivity contribution is -0.149. The Balaban J connectivity index is 2.25. The average Bonchev–Trinajstić information content (AvgIpc) is 2.90. The van der Waals surface area contributed by atoms with Crippen molar-refractivity contribution in [3.05, 3.63) is 27.6 Å². The number of carbonyl (C=O) groups is 3. The third-order valence-electron chi connectivity index (χ3n) is 3.97. The molecule has 0 unspecified atom stereocenters. The third kappa shape index (κ3) is 5.90. The maximum Gasteiger partial charge on any atom is 0.326 e. The number of hydrogen-bond donors (Lipinski definition) is 0. The van der Waals surface area contributed by atoms with Gasteiger partial charge in [-0.15, -0.1) is 0 Å². The van der Waals surface area contributed by atoms with Gasteiger partial charge in [0.05, 0.1) is 29.2 Å². The Morgan fingerprint density at radius 2 is 1.97 bits per heavy atom. The standard InChI is InChI=1S/C20H24ClNO6S/c1-6-12(4)28-18-14(21)7-13(8-15(18)26-5)9-16-19(24)22(20(25)29-16)10-17(23)27-11(2)3/h7-9,11-12H,6,10H2,1-5H3/b16-9+/t12-/m1/s1. The number of thioether (sulfide) groups is 1. The minimum absolute atomic E-state index is 0.0469. The summed E-state index contributed by atoms with van der Waals surface area (Å²) in [6.07, 6.45) is 1.95. The van der Waals surface area contributed by atoms with Crippen LogP contribution in [0, 0.1) is 0 Å². The van der Waals surface area contributed by atoms with Gasteiger partial charge in [-0.1, -0.05) is 18.5 Å². The first-order valence-electron chi connectivity index (χ1n) is 9.15. The predicted molar refractivity (Wildman–Crippen MR) is 112 cm³/mol. The molecule has 1 atom stereocenters. The number of methoxy groups -OCH3 is 1. The molecule has 0 aliphatic carbocycles. The van der Waals surface area contributed by atoms with Gasteiger partial charge in [-0.2, -0.15) is 0 Å². The molecule has 7 nitrogen and oxygen atoms in total. The van der Waals surface area contributed by atoms with Crippen molar-refractivity contribution in [2.75, 3.05) is 13.7 Å². The number of esters is 1. The van der Waals surface area contributed by atoms with E-state index in [9.17, 15) is 14.4 Å². The van der Waals surface area contributed by atoms with Crippen LogP contribution in [0.4, 0.5) is 4.79 Å². The highest BCUT2D eigenvalue weighted by atomic mass is 35.5. The molecular weight excluding hydrogens is 418 g/mol. The lowest BCUT2D eigenvalue weighted by Crippen LogP contribution is -2.35. The number of nitrogens with zero attached hydrogens (tertiary/aromatic N) is 1. The largest absolute Gasteiger partial charge is 0.493 e. The maximum absolute atomic E-state index is 12.6. The normalized spacial score (nSPS) is 16.5. The van der Waals surface area contributed by atoms with Crippen molar-refractivity contribution in [1.82, 2.24) is 4.90 Å². The van der Waals surface area contributed by atoms with E-state index in [1.807, 2.05) is 13.8 Å². The molecule has 1 aromatic carbocycles. The van der Waals surface area contributed by atoms with Crippen LogP contribution in [0.3, 0.4) is 0 Å². The summed E-state index contributed by atoms with van der Waals surface area (Å²) in [6.45, 7) is 6.87. The fourth-order valence-electron chi connectivity index (χ4n) is 2.44. The van der Waals surface area contributed by atoms with Crippen LogP contribution < -0.4 is 9.47 Å². The monoisotopic (exact) mass is 441 g/mol. The van der Waals surface area contributed by atoms with E-state index < -0.39 is 23.7 Å². The van der Waals surface area contributed by atoms with Crippen molar-refractivity contribution in [2.45, 2.75) is 46.3 Å². The Hall–Kier alpha value is -2.19. The number of benzene rings is 1. The van der Waals surface area contributed by atoms with E-state index in [1.54, 1.807) is 26.0 Å². The van der Waals surface area contributed by atoms with E-state index in [0.29, 0.717) is 22.1 Å². The van der Waals surface area contributed by atoms with Crippen molar-refractivity contribution in [2.24, 2.45) is 0 Å². The molecule has 1 saturated heterocycles. The second-order valence-electron chi connectivity index (χ2n) is 6.68. The van der Waals surface area contributed by atoms with Crippen molar-refractivity contribution in [3.63, 3.8) is 0 Å². The highest BCUT2D eigenvalue weighted by Gasteiger charge is 2.36. The molecule has 1 aliphatic rings. The van der Waals surface area contributed by atoms with Gasteiger partial charge in [0.25, 0.3) is 11.1 Å². The van der Waals surface area contributed by atoms with Crippen LogP contribution in [0.1, 0.15) is 39.7 Å². The zero-order valence-electron chi connectivity index (χ0n) is 17.0. The average molecular weight is 442 g/mol. The Labute approximate surface area is 179 Å². The molecule has 0 N–H and O–H groups in total. The Kier molecular flexibility index (Phi) is 7.98. The van der Waals surface area contributed by atoms with Crippen LogP contribution >= 0.6 is 23.4 Å². The summed E-state index contributed by atoms with van der Waals surface area (Å²) in [5.74, 6) is -0.357. The summed E-state index contributed by atoms with van der Waals surface area (Å²) >= 11 is 7.10. The lowest BCUT2D eigenvalue weighted by Gasteiger charge is -2.17. The summed E-state index contributed by atoms with van der Waals surface area (Å²) in [5, 5.41) is -0.201. The zero-order chi connectivity index (χ0) is 21.7. The summed E-state index contributed by atoms with van der Waals surface area (Å²) in [5.41, 5.74) is 0.568. The van der Waals surface area contributed by atoms with Crippen molar-refractivity contribution in [3.8, 4) is 11.5 Å². The first-order valence-corrected chi connectivity index (χ1v) is 10.3. The van der Waals surface area contributed by atoms with Gasteiger partial charge in [-0.3, -0.25) is 19.3 Å². The fourth-order valence-corrected chi connectivity index (χ4v) is 3.54. The molecule has 0 aromatic heterocycles. The van der Waals surface area contributed by atoms with Gasteiger partial charge in [0.2, 0.25) is 0 Å². The predicted octanol–water partition coefficient (Wildman–Crippen LogP) is 4.51. The number of amides is 2. The molecule has 2 rings (SSSR count). The second-order valence-corrected chi connectivity index (χ2v) is 8.08. The van der Waals surface area contributed by atoms with Gasteiger partial charge < -0.3 is 14.2 Å². The van der Waals surface area contributed by atoms with E-state index in [-0.39, 0.29) is 17.1 Å². The van der Waals surface area contributed by atoms with Gasteiger partial charge in [0, 0.05) is 0 Å². The summed E-state index contributed by atoms with van der Waals surface area (Å²) in [6, 6.07) is 3.30. The molecule has 1 fully saturated rings. The Morgan fingerprint density at radius 3 is 2.55 bits per heavy atom. The van der Waals surface area contributed by atoms with Crippen molar-refractivity contribution >= 4 is 46.6 Å². The zero-order valence-corrected chi connectivity index (χ0v) is 18.6. The first-order chi connectivity index (χ1) is 13.7. The highest BCUT2D eigenvalue weighted by Crippen LogP contribution is 2.39. The van der Waals surface area contributed by atoms with E-state index >= 15 is 0 Å². The van der Waals surface area contributed by atoms with Crippen LogP contribution in [-0.2, 0) is 14.3 Å². The van der Waals surface area contributed by atoms with E-state index in [2.05, 4.69) is 0 Å². The molecule has 1 aliphatic heterocycles. The van der Waals surface area contributed by atoms with Crippen molar-refractivity contribution in [1.29, 1.82) is 0 Å². The van der Waals surface area contributed by atoms with Gasteiger partial charge in [-0.05, 0) is 62.7 Å². The van der Waals surface area contributed by atoms with E-state index in [0.717, 1.165) is 23.1 Å². The van der Waals surface area contributed by atoms with Crippen LogP contribution in [0.2, 0.25) is 5.02 Å². The SMILES string of the molecule is CC[C@@H](C)Oc1c(Cl)cc(/C=C2/SC(=O)N(CC(=O)OC(C)C)C2=O)cc1OC. The van der Waals surface area contributed by atoms with Crippen LogP contribution in [-0.4, -0.2) is 47.9 Å². The van der Waals surface area contributed by atoms with E-state index in [4.69, 9.17) is 25.8 Å². The molecule has 2 amide bonds. The number of carbonyl (C=O) groups excluding carboxylic acids is 3. The summed E-state index contributed by atoms with van der Waals surface area (Å²) < 4.78 is 16.2. The number of imide groups is 1. The second kappa shape index (κ2) is 10.0. The van der Waals surface area contributed by atoms with Crippen LogP contribution in [0.25, 0.3) is 6.08 Å². The molecular formula is C20H24ClNO6S. The molecule has 9 heteroatoms. The Morgan fingerprint density at radius 1 is 1.28 bits per heavy atom.